The molecule has 0 fully saturated rings. The minimum atomic E-state index is -6.49. The number of nitrogen functional groups attached to an aromatic ring is 1. The number of halogens is 7. The number of nitrogens with zero attached hydrogens (tertiary/aromatic N) is 1. The average Bonchev–Trinajstić information content (AvgIpc) is 2.71. The van der Waals surface area contributed by atoms with E-state index in [0.717, 1.165) is 6.07 Å². The summed E-state index contributed by atoms with van der Waals surface area (Å²) in [6.07, 6.45) is -6.49. The van der Waals surface area contributed by atoms with E-state index in [1.165, 1.54) is 36.4 Å². The lowest BCUT2D eigenvalue weighted by Gasteiger charge is -2.31. The Morgan fingerprint density at radius 1 is 0.710 bits per heavy atom. The van der Waals surface area contributed by atoms with Gasteiger partial charge in [-0.3, -0.25) is 0 Å². The summed E-state index contributed by atoms with van der Waals surface area (Å²) in [6.45, 7) is 0. The molecule has 2 N–H and O–H groups in total. The third-order valence-electron chi connectivity index (χ3n) is 5.02. The van der Waals surface area contributed by atoms with Crippen molar-refractivity contribution >= 4 is 27.5 Å². The predicted octanol–water partition coefficient (Wildman–Crippen LogP) is 6.93. The SMILES string of the molecule is Nc1nc2ccccc2c(C(F)(F)C(F)(F)C(F)(F)F)c1-c1ccc2ccccc2c1. The summed E-state index contributed by atoms with van der Waals surface area (Å²) >= 11 is 0. The van der Waals surface area contributed by atoms with Crippen LogP contribution >= 0.6 is 0 Å². The van der Waals surface area contributed by atoms with Crippen molar-refractivity contribution in [2.75, 3.05) is 5.73 Å². The number of para-hydroxylation sites is 1. The van der Waals surface area contributed by atoms with Crippen LogP contribution in [0.1, 0.15) is 5.56 Å². The molecule has 0 bridgehead atoms. The van der Waals surface area contributed by atoms with Crippen LogP contribution in [0.3, 0.4) is 0 Å². The molecule has 4 aromatic rings. The Morgan fingerprint density at radius 2 is 1.32 bits per heavy atom. The van der Waals surface area contributed by atoms with E-state index < -0.39 is 40.4 Å². The summed E-state index contributed by atoms with van der Waals surface area (Å²) in [5.41, 5.74) is 3.38. The Morgan fingerprint density at radius 3 is 2.00 bits per heavy atom. The van der Waals surface area contributed by atoms with E-state index in [9.17, 15) is 22.0 Å². The second kappa shape index (κ2) is 6.83. The van der Waals surface area contributed by atoms with Crippen molar-refractivity contribution in [2.24, 2.45) is 0 Å². The first-order valence-corrected chi connectivity index (χ1v) is 8.95. The summed E-state index contributed by atoms with van der Waals surface area (Å²) in [7, 11) is 0. The number of fused-ring (bicyclic) bond motifs is 2. The fourth-order valence-corrected chi connectivity index (χ4v) is 3.53. The number of aromatic nitrogens is 1. The maximum absolute atomic E-state index is 15.0. The van der Waals surface area contributed by atoms with Gasteiger partial charge >= 0.3 is 18.0 Å². The molecule has 160 valence electrons. The van der Waals surface area contributed by atoms with Crippen LogP contribution < -0.4 is 5.73 Å². The van der Waals surface area contributed by atoms with Gasteiger partial charge in [-0.2, -0.15) is 30.7 Å². The number of rotatable bonds is 3. The van der Waals surface area contributed by atoms with Gasteiger partial charge in [0.25, 0.3) is 0 Å². The minimum absolute atomic E-state index is 0.0536. The summed E-state index contributed by atoms with van der Waals surface area (Å²) in [5, 5.41) is 0.727. The molecule has 4 rings (SSSR count). The smallest absolute Gasteiger partial charge is 0.383 e. The molecular weight excluding hydrogens is 425 g/mol. The van der Waals surface area contributed by atoms with Gasteiger partial charge in [-0.25, -0.2) is 4.98 Å². The Labute approximate surface area is 171 Å². The van der Waals surface area contributed by atoms with Gasteiger partial charge in [-0.15, -0.1) is 0 Å². The topological polar surface area (TPSA) is 38.9 Å². The molecule has 0 amide bonds. The van der Waals surface area contributed by atoms with Crippen molar-refractivity contribution in [3.05, 3.63) is 72.3 Å². The molecule has 0 atom stereocenters. The molecule has 0 saturated heterocycles. The molecule has 3 aromatic carbocycles. The minimum Gasteiger partial charge on any atom is -0.383 e. The number of benzene rings is 3. The lowest BCUT2D eigenvalue weighted by atomic mass is 9.88. The van der Waals surface area contributed by atoms with Crippen molar-refractivity contribution in [1.29, 1.82) is 0 Å². The molecule has 0 radical (unpaired) electrons. The Balaban J connectivity index is 2.12. The molecule has 2 nitrogen and oxygen atoms in total. The van der Waals surface area contributed by atoms with Gasteiger partial charge in [0.05, 0.1) is 5.52 Å². The fourth-order valence-electron chi connectivity index (χ4n) is 3.53. The zero-order chi connectivity index (χ0) is 22.6. The maximum Gasteiger partial charge on any atom is 0.460 e. The van der Waals surface area contributed by atoms with Crippen molar-refractivity contribution in [3.8, 4) is 11.1 Å². The Kier molecular flexibility index (Phi) is 4.60. The van der Waals surface area contributed by atoms with E-state index in [4.69, 9.17) is 5.73 Å². The monoisotopic (exact) mass is 438 g/mol. The first-order valence-electron chi connectivity index (χ1n) is 8.95. The lowest BCUT2D eigenvalue weighted by Crippen LogP contribution is -2.50. The number of nitrogens with two attached hydrogens (primary N) is 1. The van der Waals surface area contributed by atoms with E-state index in [1.54, 1.807) is 24.3 Å². The highest BCUT2D eigenvalue weighted by atomic mass is 19.4. The number of hydrogen-bond acceptors (Lipinski definition) is 2. The second-order valence-electron chi connectivity index (χ2n) is 6.97. The quantitative estimate of drug-likeness (QED) is 0.353. The first-order chi connectivity index (χ1) is 14.4. The van der Waals surface area contributed by atoms with Crippen molar-refractivity contribution in [3.63, 3.8) is 0 Å². The zero-order valence-electron chi connectivity index (χ0n) is 15.5. The van der Waals surface area contributed by atoms with Crippen LogP contribution in [-0.2, 0) is 5.92 Å². The largest absolute Gasteiger partial charge is 0.460 e. The average molecular weight is 438 g/mol. The van der Waals surface area contributed by atoms with Crippen LogP contribution in [-0.4, -0.2) is 17.1 Å². The fraction of sp³-hybridized carbons (Fsp3) is 0.136. The zero-order valence-corrected chi connectivity index (χ0v) is 15.5. The van der Waals surface area contributed by atoms with E-state index >= 15 is 8.78 Å². The van der Waals surface area contributed by atoms with Crippen molar-refractivity contribution in [2.45, 2.75) is 18.0 Å². The van der Waals surface area contributed by atoms with E-state index in [-0.39, 0.29) is 11.1 Å². The van der Waals surface area contributed by atoms with Crippen molar-refractivity contribution < 1.29 is 30.7 Å². The molecule has 0 aliphatic rings. The van der Waals surface area contributed by atoms with Gasteiger partial charge in [0.1, 0.15) is 5.82 Å². The molecule has 1 aromatic heterocycles. The number of pyridine rings is 1. The molecule has 0 saturated carbocycles. The van der Waals surface area contributed by atoms with Crippen LogP contribution in [0.25, 0.3) is 32.8 Å². The molecule has 0 aliphatic carbocycles. The third kappa shape index (κ3) is 3.15. The highest BCUT2D eigenvalue weighted by Crippen LogP contribution is 2.55. The van der Waals surface area contributed by atoms with Crippen molar-refractivity contribution in [1.82, 2.24) is 4.98 Å². The molecule has 0 aliphatic heterocycles. The molecule has 9 heteroatoms. The molecule has 31 heavy (non-hydrogen) atoms. The number of anilines is 1. The van der Waals surface area contributed by atoms with Gasteiger partial charge in [0, 0.05) is 16.5 Å². The maximum atomic E-state index is 15.0. The van der Waals surface area contributed by atoms with Crippen LogP contribution in [0, 0.1) is 0 Å². The van der Waals surface area contributed by atoms with Gasteiger partial charge in [0.2, 0.25) is 0 Å². The van der Waals surface area contributed by atoms with Gasteiger partial charge in [0.15, 0.2) is 0 Å². The normalized spacial score (nSPS) is 13.1. The lowest BCUT2D eigenvalue weighted by molar-refractivity contribution is -0.359. The van der Waals surface area contributed by atoms with Gasteiger partial charge in [-0.1, -0.05) is 54.6 Å². The van der Waals surface area contributed by atoms with Gasteiger partial charge < -0.3 is 5.73 Å². The Bertz CT molecular complexity index is 1300. The van der Waals surface area contributed by atoms with Crippen LogP contribution in [0.4, 0.5) is 36.6 Å². The predicted molar refractivity (Wildman–Crippen MR) is 104 cm³/mol. The molecule has 0 unspecified atom stereocenters. The number of hydrogen-bond donors (Lipinski definition) is 1. The highest BCUT2D eigenvalue weighted by molar-refractivity contribution is 5.97. The number of alkyl halides is 7. The van der Waals surface area contributed by atoms with Crippen LogP contribution in [0.2, 0.25) is 0 Å². The molecule has 0 spiro atoms. The Hall–Kier alpha value is -3.36. The third-order valence-corrected chi connectivity index (χ3v) is 5.02. The van der Waals surface area contributed by atoms with Crippen LogP contribution in [0.15, 0.2) is 66.7 Å². The summed E-state index contributed by atoms with van der Waals surface area (Å²) in [4.78, 5) is 3.97. The first kappa shape index (κ1) is 20.9. The second-order valence-corrected chi connectivity index (χ2v) is 6.97. The van der Waals surface area contributed by atoms with Crippen LogP contribution in [0.5, 0.6) is 0 Å². The summed E-state index contributed by atoms with van der Waals surface area (Å²) in [6, 6.07) is 15.9. The standard InChI is InChI=1S/C22H13F7N2/c23-20(24,21(25,26)22(27,28)29)18-15-7-3-4-8-16(15)31-19(30)17(18)14-10-9-12-5-1-2-6-13(12)11-14/h1-11H,(H2,30,31). The van der Waals surface area contributed by atoms with Gasteiger partial charge in [-0.05, 0) is 28.5 Å². The molecule has 1 heterocycles. The highest BCUT2D eigenvalue weighted by Gasteiger charge is 2.74. The summed E-state index contributed by atoms with van der Waals surface area (Å²) < 4.78 is 97.2. The molecular formula is C22H13F7N2. The summed E-state index contributed by atoms with van der Waals surface area (Å²) in [5.74, 6) is -12.5. The van der Waals surface area contributed by atoms with E-state index in [0.29, 0.717) is 10.8 Å². The van der Waals surface area contributed by atoms with E-state index in [1.807, 2.05) is 0 Å². The van der Waals surface area contributed by atoms with E-state index in [2.05, 4.69) is 4.98 Å².